The summed E-state index contributed by atoms with van der Waals surface area (Å²) < 4.78 is 14.4. The Morgan fingerprint density at radius 1 is 1.21 bits per heavy atom. The Kier molecular flexibility index (Phi) is 4.96. The molecule has 1 fully saturated rings. The molecule has 2 aromatic carbocycles. The maximum Gasteiger partial charge on any atom is 0.256 e. The molecule has 2 heterocycles. The number of carbonyl (C=O) groups is 1. The van der Waals surface area contributed by atoms with Gasteiger partial charge in [-0.3, -0.25) is 10.2 Å². The Bertz CT molecular complexity index is 962. The molecule has 0 unspecified atom stereocenters. The summed E-state index contributed by atoms with van der Waals surface area (Å²) in [6.45, 7) is 4.85. The first-order valence-corrected chi connectivity index (χ1v) is 9.40. The van der Waals surface area contributed by atoms with Crippen molar-refractivity contribution in [1.82, 2.24) is 10.3 Å². The fraction of sp³-hybridized carbons (Fsp3) is 0.273. The number of amides is 1. The second kappa shape index (κ2) is 7.56. The molecule has 6 heteroatoms. The highest BCUT2D eigenvalue weighted by atomic mass is 19.1. The topological polar surface area (TPSA) is 64.9 Å². The molecule has 1 saturated heterocycles. The van der Waals surface area contributed by atoms with Crippen LogP contribution in [0, 0.1) is 5.82 Å². The molecule has 0 aliphatic carbocycles. The molecule has 0 atom stereocenters. The molecule has 0 spiro atoms. The summed E-state index contributed by atoms with van der Waals surface area (Å²) in [7, 11) is 0. The second-order valence-electron chi connectivity index (χ2n) is 7.21. The monoisotopic (exact) mass is 379 g/mol. The number of rotatable bonds is 3. The van der Waals surface area contributed by atoms with E-state index >= 15 is 0 Å². The Hall–Kier alpha value is -2.99. The Morgan fingerprint density at radius 2 is 1.93 bits per heavy atom. The van der Waals surface area contributed by atoms with E-state index in [-0.39, 0.29) is 17.6 Å². The van der Waals surface area contributed by atoms with Gasteiger partial charge in [0, 0.05) is 30.6 Å². The lowest BCUT2D eigenvalue weighted by molar-refractivity contribution is 0.0542. The molecule has 0 radical (unpaired) electrons. The van der Waals surface area contributed by atoms with Gasteiger partial charge < -0.3 is 10.0 Å². The number of piperidine rings is 1. The maximum atomic E-state index is 14.4. The number of hydrogen-bond donors (Lipinski definition) is 2. The summed E-state index contributed by atoms with van der Waals surface area (Å²) in [5.41, 5.74) is 7.32. The fourth-order valence-corrected chi connectivity index (χ4v) is 3.67. The van der Waals surface area contributed by atoms with Gasteiger partial charge in [0.1, 0.15) is 5.82 Å². The first-order chi connectivity index (χ1) is 13.5. The van der Waals surface area contributed by atoms with Crippen LogP contribution < -0.4 is 5.43 Å². The van der Waals surface area contributed by atoms with E-state index in [0.717, 1.165) is 28.1 Å². The molecule has 2 aliphatic rings. The average Bonchev–Trinajstić information content (AvgIpc) is 2.72. The van der Waals surface area contributed by atoms with Gasteiger partial charge in [-0.1, -0.05) is 36.9 Å². The van der Waals surface area contributed by atoms with Crippen molar-refractivity contribution in [2.24, 2.45) is 5.10 Å². The minimum Gasteiger partial charge on any atom is -0.393 e. The van der Waals surface area contributed by atoms with Crippen molar-refractivity contribution in [2.75, 3.05) is 13.1 Å². The molecule has 28 heavy (non-hydrogen) atoms. The number of hydrazone groups is 1. The molecule has 2 N–H and O–H groups in total. The normalized spacial score (nSPS) is 17.0. The highest BCUT2D eigenvalue weighted by molar-refractivity contribution is 6.07. The van der Waals surface area contributed by atoms with Gasteiger partial charge in [-0.15, -0.1) is 0 Å². The molecule has 2 aromatic rings. The predicted molar refractivity (Wildman–Crippen MR) is 106 cm³/mol. The van der Waals surface area contributed by atoms with Gasteiger partial charge in [-0.25, -0.2) is 4.39 Å². The highest BCUT2D eigenvalue weighted by Gasteiger charge is 2.25. The third-order valence-electron chi connectivity index (χ3n) is 5.27. The van der Waals surface area contributed by atoms with Crippen molar-refractivity contribution >= 4 is 17.3 Å². The smallest absolute Gasteiger partial charge is 0.256 e. The van der Waals surface area contributed by atoms with Crippen molar-refractivity contribution < 1.29 is 14.3 Å². The van der Waals surface area contributed by atoms with E-state index in [4.69, 9.17) is 0 Å². The zero-order chi connectivity index (χ0) is 19.7. The van der Waals surface area contributed by atoms with Crippen LogP contribution in [-0.4, -0.2) is 40.8 Å². The summed E-state index contributed by atoms with van der Waals surface area (Å²) >= 11 is 0. The third-order valence-corrected chi connectivity index (χ3v) is 5.27. The van der Waals surface area contributed by atoms with Crippen molar-refractivity contribution in [3.8, 4) is 0 Å². The lowest BCUT2D eigenvalue weighted by Crippen LogP contribution is -2.40. The van der Waals surface area contributed by atoms with Gasteiger partial charge in [-0.05, 0) is 30.5 Å². The van der Waals surface area contributed by atoms with Crippen LogP contribution >= 0.6 is 0 Å². The van der Waals surface area contributed by atoms with Crippen molar-refractivity contribution in [1.29, 1.82) is 0 Å². The Balaban J connectivity index is 1.58. The number of hydrogen-bond acceptors (Lipinski definition) is 4. The van der Waals surface area contributed by atoms with Gasteiger partial charge in [0.2, 0.25) is 0 Å². The number of aliphatic hydroxyl groups is 1. The molecular weight excluding hydrogens is 357 g/mol. The van der Waals surface area contributed by atoms with Crippen LogP contribution in [0.15, 0.2) is 54.1 Å². The Morgan fingerprint density at radius 3 is 2.68 bits per heavy atom. The van der Waals surface area contributed by atoms with E-state index in [2.05, 4.69) is 17.1 Å². The van der Waals surface area contributed by atoms with Crippen LogP contribution in [0.5, 0.6) is 0 Å². The first kappa shape index (κ1) is 18.4. The number of fused-ring (bicyclic) bond motifs is 1. The van der Waals surface area contributed by atoms with E-state index in [9.17, 15) is 14.3 Å². The largest absolute Gasteiger partial charge is 0.393 e. The summed E-state index contributed by atoms with van der Waals surface area (Å²) in [6, 6.07) is 12.5. The van der Waals surface area contributed by atoms with Crippen LogP contribution in [0.1, 0.15) is 39.9 Å². The molecule has 2 aliphatic heterocycles. The highest BCUT2D eigenvalue weighted by Crippen LogP contribution is 2.23. The zero-order valence-corrected chi connectivity index (χ0v) is 15.5. The van der Waals surface area contributed by atoms with Crippen molar-refractivity contribution in [3.05, 3.63) is 77.1 Å². The van der Waals surface area contributed by atoms with E-state index in [1.54, 1.807) is 17.0 Å². The number of benzene rings is 2. The SMILES string of the molecule is C=C1NN=C(Cc2ccc(F)c(C(=O)N3CCC(O)CC3)c2)c2ccccc21. The number of likely N-dealkylation sites (tertiary alicyclic amines) is 1. The second-order valence-corrected chi connectivity index (χ2v) is 7.21. The Labute approximate surface area is 163 Å². The van der Waals surface area contributed by atoms with Gasteiger partial charge in [0.15, 0.2) is 0 Å². The zero-order valence-electron chi connectivity index (χ0n) is 15.5. The average molecular weight is 379 g/mol. The minimum absolute atomic E-state index is 0.0657. The van der Waals surface area contributed by atoms with Crippen LogP contribution in [0.4, 0.5) is 4.39 Å². The molecule has 1 amide bonds. The molecule has 0 aromatic heterocycles. The summed E-state index contributed by atoms with van der Waals surface area (Å²) in [5, 5.41) is 14.0. The maximum absolute atomic E-state index is 14.4. The number of nitrogens with one attached hydrogen (secondary N) is 1. The third kappa shape index (κ3) is 3.55. The van der Waals surface area contributed by atoms with Gasteiger partial charge in [-0.2, -0.15) is 5.10 Å². The van der Waals surface area contributed by atoms with E-state index in [0.29, 0.717) is 32.4 Å². The van der Waals surface area contributed by atoms with Gasteiger partial charge in [0.25, 0.3) is 5.91 Å². The number of aliphatic hydroxyl groups excluding tert-OH is 1. The number of halogens is 1. The van der Waals surface area contributed by atoms with Crippen LogP contribution in [0.3, 0.4) is 0 Å². The quantitative estimate of drug-likeness (QED) is 0.862. The van der Waals surface area contributed by atoms with Crippen molar-refractivity contribution in [2.45, 2.75) is 25.4 Å². The van der Waals surface area contributed by atoms with E-state index < -0.39 is 5.82 Å². The minimum atomic E-state index is -0.530. The predicted octanol–water partition coefficient (Wildman–Crippen LogP) is 2.94. The molecular formula is C22H22FN3O2. The standard InChI is InChI=1S/C22H22FN3O2/c1-14-17-4-2-3-5-18(17)21(25-24-14)13-15-6-7-20(23)19(12-15)22(28)26-10-8-16(27)9-11-26/h2-7,12,16,24,27H,1,8-11,13H2. The fourth-order valence-electron chi connectivity index (χ4n) is 3.67. The van der Waals surface area contributed by atoms with Crippen molar-refractivity contribution in [3.63, 3.8) is 0 Å². The van der Waals surface area contributed by atoms with Crippen LogP contribution in [0.25, 0.3) is 5.70 Å². The lowest BCUT2D eigenvalue weighted by atomic mass is 9.94. The van der Waals surface area contributed by atoms with E-state index in [1.807, 2.05) is 24.3 Å². The van der Waals surface area contributed by atoms with E-state index in [1.165, 1.54) is 6.07 Å². The lowest BCUT2D eigenvalue weighted by Gasteiger charge is -2.29. The van der Waals surface area contributed by atoms with Gasteiger partial charge in [0.05, 0.1) is 23.1 Å². The summed E-state index contributed by atoms with van der Waals surface area (Å²) in [5.74, 6) is -0.860. The molecule has 144 valence electrons. The first-order valence-electron chi connectivity index (χ1n) is 9.40. The molecule has 0 saturated carbocycles. The van der Waals surface area contributed by atoms with Crippen LogP contribution in [-0.2, 0) is 6.42 Å². The molecule has 4 rings (SSSR count). The number of nitrogens with zero attached hydrogens (tertiary/aromatic N) is 2. The molecule has 5 nitrogen and oxygen atoms in total. The summed E-state index contributed by atoms with van der Waals surface area (Å²) in [4.78, 5) is 14.4. The van der Waals surface area contributed by atoms with Crippen LogP contribution in [0.2, 0.25) is 0 Å². The number of carbonyl (C=O) groups excluding carboxylic acids is 1. The molecule has 0 bridgehead atoms. The summed E-state index contributed by atoms with van der Waals surface area (Å²) in [6.07, 6.45) is 1.13. The van der Waals surface area contributed by atoms with Gasteiger partial charge >= 0.3 is 0 Å².